The zero-order valence-electron chi connectivity index (χ0n) is 14.2. The van der Waals surface area contributed by atoms with E-state index in [-0.39, 0.29) is 5.75 Å². The van der Waals surface area contributed by atoms with Crippen LogP contribution in [0.2, 0.25) is 0 Å². The van der Waals surface area contributed by atoms with Crippen LogP contribution in [0.3, 0.4) is 0 Å². The molecule has 7 nitrogen and oxygen atoms in total. The van der Waals surface area contributed by atoms with Crippen LogP contribution in [0.1, 0.15) is 5.76 Å². The zero-order chi connectivity index (χ0) is 18.3. The Kier molecular flexibility index (Phi) is 4.08. The minimum atomic E-state index is -0.467. The van der Waals surface area contributed by atoms with Crippen molar-refractivity contribution in [1.29, 1.82) is 0 Å². The number of aryl methyl sites for hydroxylation is 1. The molecule has 9 heteroatoms. The predicted octanol–water partition coefficient (Wildman–Crippen LogP) is 3.63. The fraction of sp³-hybridized carbons (Fsp3) is 0.176. The van der Waals surface area contributed by atoms with Gasteiger partial charge in [-0.1, -0.05) is 0 Å². The van der Waals surface area contributed by atoms with Gasteiger partial charge in [-0.15, -0.1) is 10.2 Å². The second kappa shape index (κ2) is 6.41. The van der Waals surface area contributed by atoms with Gasteiger partial charge < -0.3 is 13.7 Å². The second-order valence-corrected chi connectivity index (χ2v) is 6.50. The molecule has 0 N–H and O–H groups in total. The summed E-state index contributed by atoms with van der Waals surface area (Å²) in [6, 6.07) is 4.77. The average Bonchev–Trinajstić information content (AvgIpc) is 3.20. The highest BCUT2D eigenvalue weighted by Crippen LogP contribution is 2.34. The standard InChI is InChI=1S/C17H14FN5O2S/c1-9-10(4-5-25-9)15-21-22-17(23(15)2)26-16-11-6-14(24-3)12(18)7-13(11)19-8-20-16/h4-8H,1-3H3. The van der Waals surface area contributed by atoms with Crippen LogP contribution in [0, 0.1) is 12.7 Å². The number of rotatable bonds is 4. The van der Waals surface area contributed by atoms with E-state index in [1.807, 2.05) is 24.6 Å². The van der Waals surface area contributed by atoms with E-state index in [9.17, 15) is 4.39 Å². The van der Waals surface area contributed by atoms with Gasteiger partial charge in [-0.3, -0.25) is 0 Å². The summed E-state index contributed by atoms with van der Waals surface area (Å²) in [5.74, 6) is 1.14. The fourth-order valence-electron chi connectivity index (χ4n) is 2.61. The number of ether oxygens (including phenoxy) is 1. The molecule has 0 amide bonds. The summed E-state index contributed by atoms with van der Waals surface area (Å²) in [7, 11) is 3.29. The molecule has 0 aliphatic carbocycles. The number of nitrogens with zero attached hydrogens (tertiary/aromatic N) is 5. The molecule has 26 heavy (non-hydrogen) atoms. The number of halogens is 1. The molecule has 0 radical (unpaired) electrons. The highest BCUT2D eigenvalue weighted by molar-refractivity contribution is 7.99. The summed E-state index contributed by atoms with van der Waals surface area (Å²) in [6.07, 6.45) is 3.01. The lowest BCUT2D eigenvalue weighted by Gasteiger charge is -2.07. The van der Waals surface area contributed by atoms with Gasteiger partial charge in [-0.25, -0.2) is 14.4 Å². The Morgan fingerprint density at radius 3 is 2.81 bits per heavy atom. The third-order valence-corrected chi connectivity index (χ3v) is 5.05. The van der Waals surface area contributed by atoms with Crippen molar-refractivity contribution in [2.75, 3.05) is 7.11 Å². The number of hydrogen-bond acceptors (Lipinski definition) is 7. The highest BCUT2D eigenvalue weighted by atomic mass is 32.2. The van der Waals surface area contributed by atoms with Crippen LogP contribution < -0.4 is 4.74 Å². The summed E-state index contributed by atoms with van der Waals surface area (Å²) in [5, 5.41) is 10.5. The average molecular weight is 371 g/mol. The Bertz CT molecular complexity index is 1110. The maximum absolute atomic E-state index is 13.9. The first-order valence-corrected chi connectivity index (χ1v) is 8.50. The van der Waals surface area contributed by atoms with Gasteiger partial charge in [-0.2, -0.15) is 0 Å². The van der Waals surface area contributed by atoms with Gasteiger partial charge in [0.2, 0.25) is 0 Å². The van der Waals surface area contributed by atoms with Gasteiger partial charge >= 0.3 is 0 Å². The summed E-state index contributed by atoms with van der Waals surface area (Å²) in [4.78, 5) is 8.44. The molecule has 3 aromatic heterocycles. The van der Waals surface area contributed by atoms with Gasteiger partial charge in [0.1, 0.15) is 17.1 Å². The molecule has 0 unspecified atom stereocenters. The molecular formula is C17H14FN5O2S. The number of methoxy groups -OCH3 is 1. The summed E-state index contributed by atoms with van der Waals surface area (Å²) < 4.78 is 26.2. The molecule has 0 atom stereocenters. The van der Waals surface area contributed by atoms with Crippen LogP contribution in [0.4, 0.5) is 4.39 Å². The first-order chi connectivity index (χ1) is 12.6. The van der Waals surface area contributed by atoms with Crippen molar-refractivity contribution in [1.82, 2.24) is 24.7 Å². The summed E-state index contributed by atoms with van der Waals surface area (Å²) >= 11 is 1.32. The fourth-order valence-corrected chi connectivity index (χ4v) is 3.46. The lowest BCUT2D eigenvalue weighted by molar-refractivity contribution is 0.387. The third-order valence-electron chi connectivity index (χ3n) is 3.99. The number of furan rings is 1. The maximum Gasteiger partial charge on any atom is 0.197 e. The lowest BCUT2D eigenvalue weighted by atomic mass is 10.2. The minimum absolute atomic E-state index is 0.141. The van der Waals surface area contributed by atoms with Crippen molar-refractivity contribution >= 4 is 22.7 Å². The highest BCUT2D eigenvalue weighted by Gasteiger charge is 2.18. The van der Waals surface area contributed by atoms with E-state index in [2.05, 4.69) is 20.2 Å². The Balaban J connectivity index is 1.77. The molecule has 132 valence electrons. The van der Waals surface area contributed by atoms with E-state index >= 15 is 0 Å². The molecule has 4 rings (SSSR count). The van der Waals surface area contributed by atoms with Crippen molar-refractivity contribution in [2.45, 2.75) is 17.1 Å². The van der Waals surface area contributed by atoms with Gasteiger partial charge in [0.25, 0.3) is 0 Å². The molecule has 0 spiro atoms. The predicted molar refractivity (Wildman–Crippen MR) is 93.6 cm³/mol. The molecule has 3 heterocycles. The van der Waals surface area contributed by atoms with Crippen LogP contribution >= 0.6 is 11.8 Å². The third kappa shape index (κ3) is 2.70. The first kappa shape index (κ1) is 16.5. The van der Waals surface area contributed by atoms with Crippen molar-refractivity contribution < 1.29 is 13.5 Å². The summed E-state index contributed by atoms with van der Waals surface area (Å²) in [5.41, 5.74) is 1.37. The molecule has 1 aromatic carbocycles. The van der Waals surface area contributed by atoms with Gasteiger partial charge in [0.05, 0.1) is 24.5 Å². The molecule has 0 aliphatic heterocycles. The number of hydrogen-bond donors (Lipinski definition) is 0. The topological polar surface area (TPSA) is 78.9 Å². The molecule has 0 aliphatic rings. The number of benzene rings is 1. The van der Waals surface area contributed by atoms with E-state index in [4.69, 9.17) is 9.15 Å². The largest absolute Gasteiger partial charge is 0.494 e. The van der Waals surface area contributed by atoms with Gasteiger partial charge in [0.15, 0.2) is 22.5 Å². The molecule has 0 saturated carbocycles. The van der Waals surface area contributed by atoms with Gasteiger partial charge in [-0.05, 0) is 30.8 Å². The van der Waals surface area contributed by atoms with Crippen molar-refractivity contribution in [3.05, 3.63) is 42.4 Å². The van der Waals surface area contributed by atoms with Crippen LogP contribution in [0.5, 0.6) is 5.75 Å². The normalized spacial score (nSPS) is 11.2. The van der Waals surface area contributed by atoms with Crippen LogP contribution in [0.15, 0.2) is 45.4 Å². The smallest absolute Gasteiger partial charge is 0.197 e. The monoisotopic (exact) mass is 371 g/mol. The van der Waals surface area contributed by atoms with Gasteiger partial charge in [0, 0.05) is 18.5 Å². The SMILES string of the molecule is COc1cc2c(Sc3nnc(-c4ccoc4C)n3C)ncnc2cc1F. The minimum Gasteiger partial charge on any atom is -0.494 e. The van der Waals surface area contributed by atoms with Crippen molar-refractivity contribution in [3.8, 4) is 17.1 Å². The van der Waals surface area contributed by atoms with Crippen molar-refractivity contribution in [3.63, 3.8) is 0 Å². The van der Waals surface area contributed by atoms with E-state index in [1.54, 1.807) is 12.3 Å². The Morgan fingerprint density at radius 2 is 2.08 bits per heavy atom. The maximum atomic E-state index is 13.9. The number of aromatic nitrogens is 5. The molecule has 0 fully saturated rings. The second-order valence-electron chi connectivity index (χ2n) is 5.54. The molecule has 4 aromatic rings. The number of fused-ring (bicyclic) bond motifs is 1. The quantitative estimate of drug-likeness (QED) is 0.507. The van der Waals surface area contributed by atoms with Crippen LogP contribution in [-0.4, -0.2) is 31.8 Å². The van der Waals surface area contributed by atoms with Crippen LogP contribution in [-0.2, 0) is 7.05 Å². The lowest BCUT2D eigenvalue weighted by Crippen LogP contribution is -1.96. The first-order valence-electron chi connectivity index (χ1n) is 7.68. The van der Waals surface area contributed by atoms with Crippen LogP contribution in [0.25, 0.3) is 22.3 Å². The molecule has 0 bridgehead atoms. The molecular weight excluding hydrogens is 357 g/mol. The van der Waals surface area contributed by atoms with E-state index in [1.165, 1.54) is 31.3 Å². The summed E-state index contributed by atoms with van der Waals surface area (Å²) in [6.45, 7) is 1.87. The van der Waals surface area contributed by atoms with E-state index < -0.39 is 5.82 Å². The van der Waals surface area contributed by atoms with Crippen molar-refractivity contribution in [2.24, 2.45) is 7.05 Å². The zero-order valence-corrected chi connectivity index (χ0v) is 15.0. The Morgan fingerprint density at radius 1 is 1.23 bits per heavy atom. The Hall–Kier alpha value is -2.94. The van der Waals surface area contributed by atoms with E-state index in [0.717, 1.165) is 11.3 Å². The van der Waals surface area contributed by atoms with E-state index in [0.29, 0.717) is 26.9 Å². The molecule has 0 saturated heterocycles. The Labute approximate surface area is 152 Å².